The van der Waals surface area contributed by atoms with Gasteiger partial charge in [0.15, 0.2) is 0 Å². The molecule has 1 aromatic carbocycles. The van der Waals surface area contributed by atoms with Crippen LogP contribution in [0.15, 0.2) is 53.2 Å². The second-order valence-electron chi connectivity index (χ2n) is 7.67. The van der Waals surface area contributed by atoms with Crippen LogP contribution in [0.25, 0.3) is 6.08 Å². The van der Waals surface area contributed by atoms with Crippen LogP contribution in [0.1, 0.15) is 30.4 Å². The van der Waals surface area contributed by atoms with E-state index in [4.69, 9.17) is 0 Å². The van der Waals surface area contributed by atoms with E-state index >= 15 is 0 Å². The van der Waals surface area contributed by atoms with E-state index in [2.05, 4.69) is 46.0 Å². The van der Waals surface area contributed by atoms with Gasteiger partial charge in [-0.2, -0.15) is 11.3 Å². The molecular formula is C22H26N2OS. The summed E-state index contributed by atoms with van der Waals surface area (Å²) < 4.78 is 0. The Kier molecular flexibility index (Phi) is 5.23. The number of hydrogen-bond acceptors (Lipinski definition) is 3. The maximum atomic E-state index is 12.5. The summed E-state index contributed by atoms with van der Waals surface area (Å²) in [6.45, 7) is 4.93. The van der Waals surface area contributed by atoms with Gasteiger partial charge in [0.1, 0.15) is 0 Å². The highest BCUT2D eigenvalue weighted by atomic mass is 32.1. The molecule has 2 saturated heterocycles. The number of carbonyl (C=O) groups is 1. The Labute approximate surface area is 159 Å². The van der Waals surface area contributed by atoms with Crippen molar-refractivity contribution in [3.63, 3.8) is 0 Å². The molecule has 1 amide bonds. The second-order valence-corrected chi connectivity index (χ2v) is 8.45. The Morgan fingerprint density at radius 2 is 1.92 bits per heavy atom. The minimum atomic E-state index is 0.211. The van der Waals surface area contributed by atoms with Crippen molar-refractivity contribution in [1.82, 2.24) is 9.80 Å². The van der Waals surface area contributed by atoms with Gasteiger partial charge in [-0.3, -0.25) is 9.69 Å². The predicted octanol–water partition coefficient (Wildman–Crippen LogP) is 4.28. The van der Waals surface area contributed by atoms with E-state index in [1.54, 1.807) is 11.3 Å². The molecule has 0 aliphatic carbocycles. The molecular weight excluding hydrogens is 340 g/mol. The highest BCUT2D eigenvalue weighted by molar-refractivity contribution is 7.07. The van der Waals surface area contributed by atoms with Crippen LogP contribution < -0.4 is 0 Å². The van der Waals surface area contributed by atoms with Crippen molar-refractivity contribution in [3.8, 4) is 0 Å². The minimum Gasteiger partial charge on any atom is -0.338 e. The van der Waals surface area contributed by atoms with E-state index in [1.807, 2.05) is 23.1 Å². The number of rotatable bonds is 5. The van der Waals surface area contributed by atoms with Gasteiger partial charge in [-0.15, -0.1) is 0 Å². The molecule has 4 heteroatoms. The largest absolute Gasteiger partial charge is 0.338 e. The SMILES string of the molecule is O=C1CC2(CCN(Cc3ccsc3)CC2)CN1C/C=C/c1ccccc1. The van der Waals surface area contributed by atoms with Crippen LogP contribution in [0.3, 0.4) is 0 Å². The fourth-order valence-corrected chi connectivity index (χ4v) is 4.85. The van der Waals surface area contributed by atoms with E-state index in [9.17, 15) is 4.79 Å². The number of piperidine rings is 1. The van der Waals surface area contributed by atoms with E-state index in [1.165, 1.54) is 11.1 Å². The average Bonchev–Trinajstić information content (AvgIpc) is 3.27. The summed E-state index contributed by atoms with van der Waals surface area (Å²) in [6.07, 6.45) is 7.25. The molecule has 0 bridgehead atoms. The summed E-state index contributed by atoms with van der Waals surface area (Å²) in [7, 11) is 0. The maximum absolute atomic E-state index is 12.5. The first kappa shape index (κ1) is 17.5. The molecule has 3 nitrogen and oxygen atoms in total. The number of carbonyl (C=O) groups excluding carboxylic acids is 1. The molecule has 2 aromatic rings. The Bertz CT molecular complexity index is 746. The first-order chi connectivity index (χ1) is 12.7. The molecule has 1 aromatic heterocycles. The molecule has 0 unspecified atom stereocenters. The molecule has 26 heavy (non-hydrogen) atoms. The monoisotopic (exact) mass is 366 g/mol. The number of thiophene rings is 1. The summed E-state index contributed by atoms with van der Waals surface area (Å²) in [5.41, 5.74) is 2.82. The maximum Gasteiger partial charge on any atom is 0.223 e. The zero-order chi connectivity index (χ0) is 17.8. The lowest BCUT2D eigenvalue weighted by atomic mass is 9.77. The Balaban J connectivity index is 1.29. The van der Waals surface area contributed by atoms with Crippen LogP contribution in [0.2, 0.25) is 0 Å². The molecule has 2 aliphatic heterocycles. The van der Waals surface area contributed by atoms with Crippen LogP contribution in [0.4, 0.5) is 0 Å². The highest BCUT2D eigenvalue weighted by Crippen LogP contribution is 2.41. The van der Waals surface area contributed by atoms with Gasteiger partial charge in [-0.05, 0) is 59.3 Å². The van der Waals surface area contributed by atoms with Crippen molar-refractivity contribution >= 4 is 23.3 Å². The third-order valence-electron chi connectivity index (χ3n) is 5.74. The van der Waals surface area contributed by atoms with E-state index in [0.29, 0.717) is 5.91 Å². The van der Waals surface area contributed by atoms with Crippen LogP contribution in [0.5, 0.6) is 0 Å². The van der Waals surface area contributed by atoms with Gasteiger partial charge in [-0.1, -0.05) is 42.5 Å². The molecule has 4 rings (SSSR count). The number of benzene rings is 1. The second kappa shape index (κ2) is 7.77. The zero-order valence-electron chi connectivity index (χ0n) is 15.1. The highest BCUT2D eigenvalue weighted by Gasteiger charge is 2.44. The van der Waals surface area contributed by atoms with Crippen LogP contribution in [-0.4, -0.2) is 41.9 Å². The molecule has 3 heterocycles. The van der Waals surface area contributed by atoms with Crippen molar-refractivity contribution < 1.29 is 4.79 Å². The van der Waals surface area contributed by atoms with Gasteiger partial charge in [0.2, 0.25) is 5.91 Å². The Morgan fingerprint density at radius 3 is 2.65 bits per heavy atom. The van der Waals surface area contributed by atoms with Gasteiger partial charge in [-0.25, -0.2) is 0 Å². The van der Waals surface area contributed by atoms with Crippen molar-refractivity contribution in [1.29, 1.82) is 0 Å². The fraction of sp³-hybridized carbons (Fsp3) is 0.409. The van der Waals surface area contributed by atoms with Gasteiger partial charge in [0.25, 0.3) is 0 Å². The van der Waals surface area contributed by atoms with Crippen molar-refractivity contribution in [2.45, 2.75) is 25.8 Å². The summed E-state index contributed by atoms with van der Waals surface area (Å²) in [5, 5.41) is 4.39. The Morgan fingerprint density at radius 1 is 1.12 bits per heavy atom. The third-order valence-corrected chi connectivity index (χ3v) is 6.48. The molecule has 1 spiro atoms. The van der Waals surface area contributed by atoms with Crippen LogP contribution >= 0.6 is 11.3 Å². The summed E-state index contributed by atoms with van der Waals surface area (Å²) in [5.74, 6) is 0.328. The zero-order valence-corrected chi connectivity index (χ0v) is 16.0. The molecule has 2 fully saturated rings. The third kappa shape index (κ3) is 4.08. The van der Waals surface area contributed by atoms with Gasteiger partial charge >= 0.3 is 0 Å². The van der Waals surface area contributed by atoms with Gasteiger partial charge < -0.3 is 4.90 Å². The lowest BCUT2D eigenvalue weighted by Gasteiger charge is -2.38. The average molecular weight is 367 g/mol. The normalized spacial score (nSPS) is 20.5. The van der Waals surface area contributed by atoms with E-state index in [0.717, 1.165) is 52.0 Å². The topological polar surface area (TPSA) is 23.6 Å². The number of amides is 1. The standard InChI is InChI=1S/C22H26N2OS/c25-21-15-22(9-12-23(13-10-22)16-20-8-14-26-17-20)18-24(21)11-4-7-19-5-2-1-3-6-19/h1-8,14,17H,9-13,15-16,18H2/b7-4+. The van der Waals surface area contributed by atoms with Gasteiger partial charge in [0, 0.05) is 26.1 Å². The lowest BCUT2D eigenvalue weighted by molar-refractivity contribution is -0.127. The van der Waals surface area contributed by atoms with Crippen LogP contribution in [-0.2, 0) is 11.3 Å². The van der Waals surface area contributed by atoms with Crippen molar-refractivity contribution in [3.05, 3.63) is 64.4 Å². The first-order valence-electron chi connectivity index (χ1n) is 9.45. The molecule has 0 atom stereocenters. The molecule has 0 radical (unpaired) electrons. The van der Waals surface area contributed by atoms with Crippen molar-refractivity contribution in [2.75, 3.05) is 26.2 Å². The predicted molar refractivity (Wildman–Crippen MR) is 108 cm³/mol. The minimum absolute atomic E-state index is 0.211. The summed E-state index contributed by atoms with van der Waals surface area (Å²) in [4.78, 5) is 17.1. The number of nitrogens with zero attached hydrogens (tertiary/aromatic N) is 2. The van der Waals surface area contributed by atoms with Crippen LogP contribution in [0, 0.1) is 5.41 Å². The smallest absolute Gasteiger partial charge is 0.223 e. The lowest BCUT2D eigenvalue weighted by Crippen LogP contribution is -2.41. The van der Waals surface area contributed by atoms with Gasteiger partial charge in [0.05, 0.1) is 0 Å². The number of hydrogen-bond donors (Lipinski definition) is 0. The van der Waals surface area contributed by atoms with Crippen molar-refractivity contribution in [2.24, 2.45) is 5.41 Å². The fourth-order valence-electron chi connectivity index (χ4n) is 4.19. The molecule has 0 saturated carbocycles. The van der Waals surface area contributed by atoms with E-state index in [-0.39, 0.29) is 5.41 Å². The Hall–Kier alpha value is -1.91. The molecule has 136 valence electrons. The summed E-state index contributed by atoms with van der Waals surface area (Å²) >= 11 is 1.77. The first-order valence-corrected chi connectivity index (χ1v) is 10.4. The quantitative estimate of drug-likeness (QED) is 0.789. The summed E-state index contributed by atoms with van der Waals surface area (Å²) in [6, 6.07) is 12.5. The molecule has 2 aliphatic rings. The number of likely N-dealkylation sites (tertiary alicyclic amines) is 2. The van der Waals surface area contributed by atoms with E-state index < -0.39 is 0 Å². The molecule has 0 N–H and O–H groups in total.